The van der Waals surface area contributed by atoms with E-state index in [4.69, 9.17) is 4.74 Å². The van der Waals surface area contributed by atoms with E-state index in [1.165, 1.54) is 0 Å². The molecule has 1 amide bonds. The molecule has 0 aliphatic carbocycles. The van der Waals surface area contributed by atoms with Gasteiger partial charge in [0.1, 0.15) is 5.75 Å². The number of ether oxygens (including phenoxy) is 1. The predicted molar refractivity (Wildman–Crippen MR) is 106 cm³/mol. The van der Waals surface area contributed by atoms with Crippen molar-refractivity contribution in [2.45, 2.75) is 13.3 Å². The molecule has 0 saturated carbocycles. The molecule has 1 aliphatic rings. The van der Waals surface area contributed by atoms with Gasteiger partial charge in [0, 0.05) is 31.7 Å². The Morgan fingerprint density at radius 2 is 1.85 bits per heavy atom. The highest BCUT2D eigenvalue weighted by molar-refractivity contribution is 6.06. The third-order valence-corrected chi connectivity index (χ3v) is 4.57. The Hall–Kier alpha value is -2.53. The molecule has 2 aromatic rings. The molecule has 5 heteroatoms. The van der Waals surface area contributed by atoms with Crippen LogP contribution in [0.4, 0.5) is 11.4 Å². The molecule has 1 saturated heterocycles. The van der Waals surface area contributed by atoms with Crippen molar-refractivity contribution in [1.82, 2.24) is 4.90 Å². The maximum atomic E-state index is 12.7. The summed E-state index contributed by atoms with van der Waals surface area (Å²) in [7, 11) is 2.14. The Bertz CT molecular complexity index is 740. The fourth-order valence-corrected chi connectivity index (χ4v) is 3.04. The number of carbonyl (C=O) groups is 1. The topological polar surface area (TPSA) is 44.8 Å². The number of benzene rings is 2. The van der Waals surface area contributed by atoms with Crippen LogP contribution in [0.15, 0.2) is 48.5 Å². The normalized spacial score (nSPS) is 14.9. The fraction of sp³-hybridized carbons (Fsp3) is 0.381. The van der Waals surface area contributed by atoms with E-state index in [1.54, 1.807) is 6.07 Å². The van der Waals surface area contributed by atoms with Crippen LogP contribution in [0, 0.1) is 0 Å². The molecule has 138 valence electrons. The molecule has 5 nitrogen and oxygen atoms in total. The highest BCUT2D eigenvalue weighted by Gasteiger charge is 2.18. The Labute approximate surface area is 155 Å². The zero-order valence-corrected chi connectivity index (χ0v) is 15.6. The molecule has 26 heavy (non-hydrogen) atoms. The predicted octanol–water partition coefficient (Wildman–Crippen LogP) is 3.48. The first-order valence-electron chi connectivity index (χ1n) is 9.24. The van der Waals surface area contributed by atoms with Crippen molar-refractivity contribution in [1.29, 1.82) is 0 Å². The molecule has 0 unspecified atom stereocenters. The SMILES string of the molecule is CCCOc1cccc(C(=O)Nc2ccccc2N2CCN(C)CC2)c1. The summed E-state index contributed by atoms with van der Waals surface area (Å²) < 4.78 is 5.63. The van der Waals surface area contributed by atoms with Crippen molar-refractivity contribution in [3.8, 4) is 5.75 Å². The van der Waals surface area contributed by atoms with Gasteiger partial charge in [-0.2, -0.15) is 0 Å². The van der Waals surface area contributed by atoms with E-state index in [0.29, 0.717) is 12.2 Å². The van der Waals surface area contributed by atoms with Gasteiger partial charge in [0.05, 0.1) is 18.0 Å². The maximum absolute atomic E-state index is 12.7. The molecule has 1 aliphatic heterocycles. The molecule has 1 fully saturated rings. The van der Waals surface area contributed by atoms with Crippen LogP contribution >= 0.6 is 0 Å². The van der Waals surface area contributed by atoms with Gasteiger partial charge < -0.3 is 19.9 Å². The van der Waals surface area contributed by atoms with Crippen LogP contribution in [0.5, 0.6) is 5.75 Å². The van der Waals surface area contributed by atoms with E-state index < -0.39 is 0 Å². The number of para-hydroxylation sites is 2. The molecule has 0 atom stereocenters. The van der Waals surface area contributed by atoms with Crippen LogP contribution in [0.3, 0.4) is 0 Å². The smallest absolute Gasteiger partial charge is 0.255 e. The molecule has 0 bridgehead atoms. The minimum Gasteiger partial charge on any atom is -0.494 e. The summed E-state index contributed by atoms with van der Waals surface area (Å²) in [6, 6.07) is 15.3. The average molecular weight is 353 g/mol. The number of anilines is 2. The highest BCUT2D eigenvalue weighted by atomic mass is 16.5. The first-order valence-corrected chi connectivity index (χ1v) is 9.24. The van der Waals surface area contributed by atoms with Gasteiger partial charge in [-0.05, 0) is 43.8 Å². The number of nitrogens with one attached hydrogen (secondary N) is 1. The summed E-state index contributed by atoms with van der Waals surface area (Å²) >= 11 is 0. The van der Waals surface area contributed by atoms with Gasteiger partial charge in [0.15, 0.2) is 0 Å². The Morgan fingerprint density at radius 1 is 1.08 bits per heavy atom. The lowest BCUT2D eigenvalue weighted by molar-refractivity contribution is 0.102. The first-order chi connectivity index (χ1) is 12.7. The minimum absolute atomic E-state index is 0.117. The second-order valence-electron chi connectivity index (χ2n) is 6.64. The summed E-state index contributed by atoms with van der Waals surface area (Å²) in [5.41, 5.74) is 2.53. The molecule has 2 aromatic carbocycles. The molecule has 1 heterocycles. The Morgan fingerprint density at radius 3 is 2.62 bits per heavy atom. The second-order valence-corrected chi connectivity index (χ2v) is 6.64. The molecule has 0 radical (unpaired) electrons. The zero-order valence-electron chi connectivity index (χ0n) is 15.6. The molecule has 0 spiro atoms. The summed E-state index contributed by atoms with van der Waals surface area (Å²) in [4.78, 5) is 17.4. The number of likely N-dealkylation sites (N-methyl/N-ethyl adjacent to an activating group) is 1. The largest absolute Gasteiger partial charge is 0.494 e. The van der Waals surface area contributed by atoms with Crippen molar-refractivity contribution in [2.75, 3.05) is 50.1 Å². The van der Waals surface area contributed by atoms with E-state index in [1.807, 2.05) is 36.4 Å². The Kier molecular flexibility index (Phi) is 6.12. The standard InChI is InChI=1S/C21H27N3O2/c1-3-15-26-18-8-6-7-17(16-18)21(25)22-19-9-4-5-10-20(19)24-13-11-23(2)12-14-24/h4-10,16H,3,11-15H2,1-2H3,(H,22,25). The lowest BCUT2D eigenvalue weighted by Gasteiger charge is -2.35. The quantitative estimate of drug-likeness (QED) is 0.864. The van der Waals surface area contributed by atoms with E-state index in [2.05, 4.69) is 35.2 Å². The van der Waals surface area contributed by atoms with Gasteiger partial charge >= 0.3 is 0 Å². The third-order valence-electron chi connectivity index (χ3n) is 4.57. The minimum atomic E-state index is -0.117. The highest BCUT2D eigenvalue weighted by Crippen LogP contribution is 2.27. The van der Waals surface area contributed by atoms with Crippen LogP contribution in [0.1, 0.15) is 23.7 Å². The fourth-order valence-electron chi connectivity index (χ4n) is 3.04. The monoisotopic (exact) mass is 353 g/mol. The van der Waals surface area contributed by atoms with E-state index in [0.717, 1.165) is 49.7 Å². The number of hydrogen-bond acceptors (Lipinski definition) is 4. The lowest BCUT2D eigenvalue weighted by atomic mass is 10.1. The van der Waals surface area contributed by atoms with E-state index in [-0.39, 0.29) is 5.91 Å². The van der Waals surface area contributed by atoms with Gasteiger partial charge in [0.25, 0.3) is 5.91 Å². The molecular weight excluding hydrogens is 326 g/mol. The average Bonchev–Trinajstić information content (AvgIpc) is 2.68. The van der Waals surface area contributed by atoms with Crippen LogP contribution in [0.2, 0.25) is 0 Å². The summed E-state index contributed by atoms with van der Waals surface area (Å²) in [5, 5.41) is 3.07. The zero-order chi connectivity index (χ0) is 18.4. The van der Waals surface area contributed by atoms with Crippen LogP contribution in [-0.2, 0) is 0 Å². The van der Waals surface area contributed by atoms with Crippen LogP contribution in [0.25, 0.3) is 0 Å². The lowest BCUT2D eigenvalue weighted by Crippen LogP contribution is -2.44. The molecule has 3 rings (SSSR count). The van der Waals surface area contributed by atoms with E-state index >= 15 is 0 Å². The summed E-state index contributed by atoms with van der Waals surface area (Å²) in [5.74, 6) is 0.611. The number of nitrogens with zero attached hydrogens (tertiary/aromatic N) is 2. The van der Waals surface area contributed by atoms with Gasteiger partial charge in [-0.3, -0.25) is 4.79 Å². The third kappa shape index (κ3) is 4.55. The number of carbonyl (C=O) groups excluding carboxylic acids is 1. The van der Waals surface area contributed by atoms with Crippen molar-refractivity contribution < 1.29 is 9.53 Å². The number of rotatable bonds is 6. The van der Waals surface area contributed by atoms with Gasteiger partial charge in [-0.15, -0.1) is 0 Å². The summed E-state index contributed by atoms with van der Waals surface area (Å²) in [6.07, 6.45) is 0.939. The van der Waals surface area contributed by atoms with Crippen molar-refractivity contribution in [2.24, 2.45) is 0 Å². The van der Waals surface area contributed by atoms with Crippen molar-refractivity contribution in [3.05, 3.63) is 54.1 Å². The van der Waals surface area contributed by atoms with Gasteiger partial charge in [-0.25, -0.2) is 0 Å². The number of amides is 1. The molecular formula is C21H27N3O2. The van der Waals surface area contributed by atoms with Crippen LogP contribution in [-0.4, -0.2) is 50.6 Å². The summed E-state index contributed by atoms with van der Waals surface area (Å²) in [6.45, 7) is 6.69. The number of piperazine rings is 1. The number of hydrogen-bond donors (Lipinski definition) is 1. The first kappa shape index (κ1) is 18.3. The molecule has 1 N–H and O–H groups in total. The van der Waals surface area contributed by atoms with E-state index in [9.17, 15) is 4.79 Å². The van der Waals surface area contributed by atoms with Crippen molar-refractivity contribution >= 4 is 17.3 Å². The van der Waals surface area contributed by atoms with Gasteiger partial charge in [0.2, 0.25) is 0 Å². The van der Waals surface area contributed by atoms with Crippen LogP contribution < -0.4 is 15.0 Å². The maximum Gasteiger partial charge on any atom is 0.255 e. The Balaban J connectivity index is 1.74. The second kappa shape index (κ2) is 8.72. The van der Waals surface area contributed by atoms with Crippen molar-refractivity contribution in [3.63, 3.8) is 0 Å². The van der Waals surface area contributed by atoms with Gasteiger partial charge in [-0.1, -0.05) is 25.1 Å². The molecule has 0 aromatic heterocycles.